The highest BCUT2D eigenvalue weighted by Gasteiger charge is 2.30. The predicted octanol–water partition coefficient (Wildman–Crippen LogP) is 5.98. The maximum atomic E-state index is 12.2. The van der Waals surface area contributed by atoms with Crippen molar-refractivity contribution in [2.45, 2.75) is 20.2 Å². The monoisotopic (exact) mass is 378 g/mol. The van der Waals surface area contributed by atoms with E-state index < -0.39 is 6.36 Å². The number of hydrogen-bond donors (Lipinski definition) is 0. The molecule has 0 fully saturated rings. The van der Waals surface area contributed by atoms with Crippen molar-refractivity contribution in [1.82, 2.24) is 9.97 Å². The second-order valence-corrected chi connectivity index (χ2v) is 6.15. The maximum Gasteiger partial charge on any atom is 0.573 e. The second kappa shape index (κ2) is 6.96. The van der Waals surface area contributed by atoms with Gasteiger partial charge in [-0.1, -0.05) is 23.7 Å². The first-order valence-electron chi connectivity index (χ1n) is 7.68. The normalized spacial score (nSPS) is 11.5. The zero-order chi connectivity index (χ0) is 18.9. The molecule has 2 heterocycles. The first-order chi connectivity index (χ1) is 12.2. The number of aryl methyl sites for hydroxylation is 2. The second-order valence-electron chi connectivity index (χ2n) is 5.79. The molecular formula is C19H14ClF3N2O. The molecular weight excluding hydrogens is 365 g/mol. The molecule has 134 valence electrons. The Morgan fingerprint density at radius 3 is 2.04 bits per heavy atom. The van der Waals surface area contributed by atoms with Gasteiger partial charge in [0.15, 0.2) is 0 Å². The van der Waals surface area contributed by atoms with E-state index in [1.807, 2.05) is 26.0 Å². The molecule has 7 heteroatoms. The van der Waals surface area contributed by atoms with Gasteiger partial charge in [0.1, 0.15) is 10.9 Å². The Labute approximate surface area is 153 Å². The molecule has 3 rings (SSSR count). The van der Waals surface area contributed by atoms with Crippen LogP contribution in [0.15, 0.2) is 48.8 Å². The summed E-state index contributed by atoms with van der Waals surface area (Å²) in [4.78, 5) is 8.62. The van der Waals surface area contributed by atoms with Crippen LogP contribution in [0.4, 0.5) is 13.2 Å². The molecule has 0 saturated carbocycles. The predicted molar refractivity (Wildman–Crippen MR) is 94.1 cm³/mol. The number of alkyl halides is 3. The third-order valence-corrected chi connectivity index (χ3v) is 4.18. The highest BCUT2D eigenvalue weighted by molar-refractivity contribution is 6.30. The molecule has 0 saturated heterocycles. The minimum absolute atomic E-state index is 0.259. The van der Waals surface area contributed by atoms with Crippen molar-refractivity contribution in [1.29, 1.82) is 0 Å². The number of ether oxygens (including phenoxy) is 1. The number of pyridine rings is 2. The number of rotatable bonds is 3. The molecule has 0 aliphatic heterocycles. The van der Waals surface area contributed by atoms with Crippen molar-refractivity contribution in [3.63, 3.8) is 0 Å². The highest BCUT2D eigenvalue weighted by atomic mass is 35.5. The van der Waals surface area contributed by atoms with Crippen LogP contribution >= 0.6 is 11.6 Å². The molecule has 0 unspecified atom stereocenters. The van der Waals surface area contributed by atoms with Crippen LogP contribution in [0.5, 0.6) is 5.75 Å². The van der Waals surface area contributed by atoms with Crippen molar-refractivity contribution in [3.05, 3.63) is 65.1 Å². The van der Waals surface area contributed by atoms with Crippen molar-refractivity contribution >= 4 is 11.6 Å². The van der Waals surface area contributed by atoms with Crippen LogP contribution in [0.1, 0.15) is 11.1 Å². The highest BCUT2D eigenvalue weighted by Crippen LogP contribution is 2.29. The van der Waals surface area contributed by atoms with Gasteiger partial charge in [-0.15, -0.1) is 13.2 Å². The average Bonchev–Trinajstić information content (AvgIpc) is 2.57. The van der Waals surface area contributed by atoms with Crippen LogP contribution in [0.25, 0.3) is 22.4 Å². The zero-order valence-electron chi connectivity index (χ0n) is 13.9. The molecule has 3 aromatic rings. The molecule has 0 N–H and O–H groups in total. The molecule has 0 spiro atoms. The Bertz CT molecular complexity index is 941. The van der Waals surface area contributed by atoms with E-state index in [-0.39, 0.29) is 5.75 Å². The van der Waals surface area contributed by atoms with Gasteiger partial charge in [0, 0.05) is 23.5 Å². The molecule has 2 aromatic heterocycles. The molecule has 0 aliphatic rings. The Morgan fingerprint density at radius 2 is 1.46 bits per heavy atom. The van der Waals surface area contributed by atoms with Crippen LogP contribution in [-0.4, -0.2) is 16.3 Å². The van der Waals surface area contributed by atoms with E-state index in [1.165, 1.54) is 12.1 Å². The van der Waals surface area contributed by atoms with Crippen LogP contribution < -0.4 is 4.74 Å². The first kappa shape index (κ1) is 18.2. The summed E-state index contributed by atoms with van der Waals surface area (Å²) >= 11 is 5.95. The number of hydrogen-bond acceptors (Lipinski definition) is 3. The summed E-state index contributed by atoms with van der Waals surface area (Å²) in [6.45, 7) is 3.78. The molecule has 0 bridgehead atoms. The quantitative estimate of drug-likeness (QED) is 0.526. The molecule has 0 aliphatic carbocycles. The lowest BCUT2D eigenvalue weighted by Crippen LogP contribution is -2.16. The summed E-state index contributed by atoms with van der Waals surface area (Å²) in [7, 11) is 0. The molecule has 0 atom stereocenters. The minimum atomic E-state index is -4.70. The van der Waals surface area contributed by atoms with E-state index in [4.69, 9.17) is 11.6 Å². The van der Waals surface area contributed by atoms with Crippen LogP contribution in [-0.2, 0) is 0 Å². The topological polar surface area (TPSA) is 35.0 Å². The van der Waals surface area contributed by atoms with Gasteiger partial charge < -0.3 is 4.74 Å². The van der Waals surface area contributed by atoms with Crippen molar-refractivity contribution in [2.75, 3.05) is 0 Å². The van der Waals surface area contributed by atoms with Crippen LogP contribution in [0, 0.1) is 13.8 Å². The van der Waals surface area contributed by atoms with Crippen molar-refractivity contribution in [2.24, 2.45) is 0 Å². The van der Waals surface area contributed by atoms with Gasteiger partial charge >= 0.3 is 6.36 Å². The maximum absolute atomic E-state index is 12.2. The summed E-state index contributed by atoms with van der Waals surface area (Å²) in [5, 5.41) is 0.448. The Hall–Kier alpha value is -2.60. The number of halogens is 4. The third kappa shape index (κ3) is 4.14. The standard InChI is InChI=1S/C19H14ClF3N2O/c1-11-7-14(13-3-5-16(6-4-13)26-19(21,22)23)9-24-17(11)15-8-12(2)18(20)25-10-15/h3-10H,1-2H3. The largest absolute Gasteiger partial charge is 0.573 e. The van der Waals surface area contributed by atoms with E-state index in [0.717, 1.165) is 33.5 Å². The lowest BCUT2D eigenvalue weighted by Gasteiger charge is -2.11. The van der Waals surface area contributed by atoms with Gasteiger partial charge in [-0.2, -0.15) is 0 Å². The Morgan fingerprint density at radius 1 is 0.846 bits per heavy atom. The van der Waals surface area contributed by atoms with E-state index in [1.54, 1.807) is 24.5 Å². The SMILES string of the molecule is Cc1cc(-c2ncc(-c3ccc(OC(F)(F)F)cc3)cc2C)cnc1Cl. The smallest absolute Gasteiger partial charge is 0.406 e. The average molecular weight is 379 g/mol. The molecule has 0 radical (unpaired) electrons. The lowest BCUT2D eigenvalue weighted by molar-refractivity contribution is -0.274. The molecule has 3 nitrogen and oxygen atoms in total. The van der Waals surface area contributed by atoms with Gasteiger partial charge in [0.05, 0.1) is 5.69 Å². The summed E-state index contributed by atoms with van der Waals surface area (Å²) in [5.74, 6) is -0.259. The van der Waals surface area contributed by atoms with Crippen LogP contribution in [0.2, 0.25) is 5.15 Å². The van der Waals surface area contributed by atoms with E-state index in [0.29, 0.717) is 5.15 Å². The van der Waals surface area contributed by atoms with E-state index >= 15 is 0 Å². The number of benzene rings is 1. The Kier molecular flexibility index (Phi) is 4.87. The summed E-state index contributed by atoms with van der Waals surface area (Å²) in [5.41, 5.74) is 4.94. The molecule has 1 aromatic carbocycles. The number of aromatic nitrogens is 2. The van der Waals surface area contributed by atoms with Gasteiger partial charge in [-0.3, -0.25) is 4.98 Å². The van der Waals surface area contributed by atoms with Gasteiger partial charge in [0.25, 0.3) is 0 Å². The Balaban J connectivity index is 1.88. The lowest BCUT2D eigenvalue weighted by atomic mass is 10.0. The third-order valence-electron chi connectivity index (χ3n) is 3.79. The van der Waals surface area contributed by atoms with Crippen molar-refractivity contribution < 1.29 is 17.9 Å². The van der Waals surface area contributed by atoms with Gasteiger partial charge in [-0.05, 0) is 54.8 Å². The van der Waals surface area contributed by atoms with Crippen LogP contribution in [0.3, 0.4) is 0 Å². The summed E-state index contributed by atoms with van der Waals surface area (Å²) < 4.78 is 40.6. The van der Waals surface area contributed by atoms with Gasteiger partial charge in [0.2, 0.25) is 0 Å². The van der Waals surface area contributed by atoms with Crippen molar-refractivity contribution in [3.8, 4) is 28.1 Å². The first-order valence-corrected chi connectivity index (χ1v) is 8.06. The fourth-order valence-electron chi connectivity index (χ4n) is 2.57. The molecule has 0 amide bonds. The zero-order valence-corrected chi connectivity index (χ0v) is 14.7. The fraction of sp³-hybridized carbons (Fsp3) is 0.158. The van der Waals surface area contributed by atoms with E-state index in [9.17, 15) is 13.2 Å². The minimum Gasteiger partial charge on any atom is -0.406 e. The summed E-state index contributed by atoms with van der Waals surface area (Å²) in [6.07, 6.45) is -1.37. The summed E-state index contributed by atoms with van der Waals surface area (Å²) in [6, 6.07) is 9.51. The van der Waals surface area contributed by atoms with Gasteiger partial charge in [-0.25, -0.2) is 4.98 Å². The van der Waals surface area contributed by atoms with E-state index in [2.05, 4.69) is 14.7 Å². The fourth-order valence-corrected chi connectivity index (χ4v) is 2.67. The molecule has 26 heavy (non-hydrogen) atoms. The number of nitrogens with zero attached hydrogens (tertiary/aromatic N) is 2.